The van der Waals surface area contributed by atoms with Crippen LogP contribution in [0.25, 0.3) is 28.3 Å². The number of aromatic nitrogens is 6. The molecule has 4 aromatic rings. The zero-order chi connectivity index (χ0) is 19.0. The number of urea groups is 1. The lowest BCUT2D eigenvalue weighted by molar-refractivity contribution is 0.248. The van der Waals surface area contributed by atoms with E-state index in [0.29, 0.717) is 29.4 Å². The van der Waals surface area contributed by atoms with Crippen LogP contribution in [0, 0.1) is 0 Å². The number of anilines is 1. The maximum absolute atomic E-state index is 12.3. The number of carbonyl (C=O) groups is 1. The summed E-state index contributed by atoms with van der Waals surface area (Å²) in [4.78, 5) is 21.3. The Morgan fingerprint density at radius 2 is 2.15 bits per heavy atom. The Hall–Kier alpha value is -3.43. The summed E-state index contributed by atoms with van der Waals surface area (Å²) in [7, 11) is 0. The average molecular weight is 368 g/mol. The van der Waals surface area contributed by atoms with E-state index in [2.05, 4.69) is 30.8 Å². The van der Waals surface area contributed by atoms with Crippen LogP contribution in [0.1, 0.15) is 27.2 Å². The van der Waals surface area contributed by atoms with Crippen molar-refractivity contribution in [3.05, 3.63) is 24.6 Å². The topological polar surface area (TPSA) is 115 Å². The summed E-state index contributed by atoms with van der Waals surface area (Å²) in [5.74, 6) is 1.18. The minimum Gasteiger partial charge on any atom is -0.461 e. The number of rotatable bonds is 5. The maximum Gasteiger partial charge on any atom is 0.321 e. The number of furan rings is 1. The van der Waals surface area contributed by atoms with Crippen molar-refractivity contribution in [3.8, 4) is 11.6 Å². The second-order valence-corrected chi connectivity index (χ2v) is 6.21. The van der Waals surface area contributed by atoms with E-state index < -0.39 is 0 Å². The van der Waals surface area contributed by atoms with Crippen LogP contribution >= 0.6 is 0 Å². The highest BCUT2D eigenvalue weighted by Gasteiger charge is 2.19. The monoisotopic (exact) mass is 368 g/mol. The highest BCUT2D eigenvalue weighted by Crippen LogP contribution is 2.24. The molecule has 140 valence electrons. The molecule has 1 atom stereocenters. The predicted molar refractivity (Wildman–Crippen MR) is 99.4 cm³/mol. The molecule has 4 aromatic heterocycles. The number of nitrogens with one attached hydrogen (secondary N) is 2. The molecule has 4 heterocycles. The van der Waals surface area contributed by atoms with Crippen LogP contribution in [0.2, 0.25) is 0 Å². The van der Waals surface area contributed by atoms with Crippen molar-refractivity contribution in [2.45, 2.75) is 39.8 Å². The largest absolute Gasteiger partial charge is 0.461 e. The van der Waals surface area contributed by atoms with Gasteiger partial charge in [0.1, 0.15) is 0 Å². The molecule has 0 fully saturated rings. The van der Waals surface area contributed by atoms with E-state index in [4.69, 9.17) is 4.42 Å². The highest BCUT2D eigenvalue weighted by molar-refractivity contribution is 5.93. The van der Waals surface area contributed by atoms with Crippen molar-refractivity contribution in [2.24, 2.45) is 0 Å². The summed E-state index contributed by atoms with van der Waals surface area (Å²) in [6.07, 6.45) is 4.24. The van der Waals surface area contributed by atoms with Crippen LogP contribution in [0.3, 0.4) is 0 Å². The van der Waals surface area contributed by atoms with Crippen LogP contribution in [-0.4, -0.2) is 41.4 Å². The van der Waals surface area contributed by atoms with Gasteiger partial charge in [-0.15, -0.1) is 5.10 Å². The third-order valence-corrected chi connectivity index (χ3v) is 4.28. The highest BCUT2D eigenvalue weighted by atomic mass is 16.3. The van der Waals surface area contributed by atoms with Gasteiger partial charge in [-0.05, 0) is 32.4 Å². The number of hydrogen-bond acceptors (Lipinski definition) is 6. The van der Waals surface area contributed by atoms with E-state index in [0.717, 1.165) is 11.8 Å². The van der Waals surface area contributed by atoms with Gasteiger partial charge < -0.3 is 9.73 Å². The van der Waals surface area contributed by atoms with Crippen LogP contribution in [-0.2, 0) is 6.54 Å². The summed E-state index contributed by atoms with van der Waals surface area (Å²) in [5.41, 5.74) is 1.03. The van der Waals surface area contributed by atoms with Crippen LogP contribution < -0.4 is 10.6 Å². The lowest BCUT2D eigenvalue weighted by Gasteiger charge is -2.12. The fourth-order valence-electron chi connectivity index (χ4n) is 2.65. The number of carbonyl (C=O) groups excluding carboxylic acids is 1. The van der Waals surface area contributed by atoms with E-state index in [1.165, 1.54) is 4.52 Å². The maximum atomic E-state index is 12.3. The molecule has 10 nitrogen and oxygen atoms in total. The molecule has 2 N–H and O–H groups in total. The normalized spacial score (nSPS) is 12.6. The summed E-state index contributed by atoms with van der Waals surface area (Å²) < 4.78 is 8.66. The van der Waals surface area contributed by atoms with E-state index in [9.17, 15) is 4.79 Å². The minimum absolute atomic E-state index is 0.0398. The van der Waals surface area contributed by atoms with Gasteiger partial charge in [-0.1, -0.05) is 6.92 Å². The Labute approximate surface area is 154 Å². The van der Waals surface area contributed by atoms with Crippen LogP contribution in [0.4, 0.5) is 10.7 Å². The fraction of sp³-hybridized carbons (Fsp3) is 0.353. The first-order valence-electron chi connectivity index (χ1n) is 8.84. The molecule has 27 heavy (non-hydrogen) atoms. The molecule has 0 aliphatic rings. The van der Waals surface area contributed by atoms with Gasteiger partial charge in [0, 0.05) is 18.8 Å². The van der Waals surface area contributed by atoms with Gasteiger partial charge in [0.25, 0.3) is 0 Å². The van der Waals surface area contributed by atoms with Gasteiger partial charge in [-0.25, -0.2) is 9.78 Å². The molecule has 0 bridgehead atoms. The van der Waals surface area contributed by atoms with Gasteiger partial charge in [0.2, 0.25) is 11.8 Å². The molecule has 4 rings (SSSR count). The number of aryl methyl sites for hydroxylation is 1. The second-order valence-electron chi connectivity index (χ2n) is 6.21. The van der Waals surface area contributed by atoms with Crippen molar-refractivity contribution in [1.29, 1.82) is 0 Å². The predicted octanol–water partition coefficient (Wildman–Crippen LogP) is 2.67. The number of fused-ring (bicyclic) bond motifs is 3. The van der Waals surface area contributed by atoms with Crippen molar-refractivity contribution in [1.82, 2.24) is 34.7 Å². The number of nitrogens with zero attached hydrogens (tertiary/aromatic N) is 6. The first-order chi connectivity index (χ1) is 13.1. The van der Waals surface area contributed by atoms with Gasteiger partial charge >= 0.3 is 6.03 Å². The molecule has 10 heteroatoms. The smallest absolute Gasteiger partial charge is 0.321 e. The first-order valence-corrected chi connectivity index (χ1v) is 8.84. The molecule has 0 spiro atoms. The van der Waals surface area contributed by atoms with Gasteiger partial charge in [-0.2, -0.15) is 14.6 Å². The third kappa shape index (κ3) is 3.09. The van der Waals surface area contributed by atoms with Gasteiger partial charge in [0.05, 0.1) is 11.6 Å². The standard InChI is InChI=1S/C17H20N8O2/c1-4-10(3)18-17(26)21-16-20-13-11(9-24(5-2)22-13)15-19-14(23-25(15)16)12-7-6-8-27-12/h6-10H,4-5H2,1-3H3,(H2,18,20,21,22,26). The zero-order valence-electron chi connectivity index (χ0n) is 15.3. The molecule has 0 aliphatic heterocycles. The molecular weight excluding hydrogens is 348 g/mol. The summed E-state index contributed by atoms with van der Waals surface area (Å²) in [5, 5.41) is 15.2. The Kier molecular flexibility index (Phi) is 4.22. The molecule has 0 saturated heterocycles. The quantitative estimate of drug-likeness (QED) is 0.559. The summed E-state index contributed by atoms with van der Waals surface area (Å²) >= 11 is 0. The number of hydrogen-bond donors (Lipinski definition) is 2. The zero-order valence-corrected chi connectivity index (χ0v) is 15.3. The van der Waals surface area contributed by atoms with Crippen LogP contribution in [0.5, 0.6) is 0 Å². The van der Waals surface area contributed by atoms with E-state index >= 15 is 0 Å². The SMILES string of the molecule is CCC(C)NC(=O)Nc1nc2nn(CC)cc2c2nc(-c3ccco3)nn12. The molecule has 0 aliphatic carbocycles. The van der Waals surface area contributed by atoms with E-state index in [1.807, 2.05) is 27.0 Å². The lowest BCUT2D eigenvalue weighted by Crippen LogP contribution is -2.36. The van der Waals surface area contributed by atoms with E-state index in [-0.39, 0.29) is 18.0 Å². The minimum atomic E-state index is -0.359. The van der Waals surface area contributed by atoms with Gasteiger partial charge in [0.15, 0.2) is 17.1 Å². The Morgan fingerprint density at radius 1 is 1.30 bits per heavy atom. The molecule has 0 aromatic carbocycles. The summed E-state index contributed by atoms with van der Waals surface area (Å²) in [6.45, 7) is 6.61. The van der Waals surface area contributed by atoms with Crippen molar-refractivity contribution in [2.75, 3.05) is 5.32 Å². The van der Waals surface area contributed by atoms with Crippen molar-refractivity contribution < 1.29 is 9.21 Å². The molecule has 0 saturated carbocycles. The first kappa shape index (κ1) is 17.0. The third-order valence-electron chi connectivity index (χ3n) is 4.28. The Balaban J connectivity index is 1.84. The van der Waals surface area contributed by atoms with Gasteiger partial charge in [-0.3, -0.25) is 10.00 Å². The molecule has 2 amide bonds. The molecule has 0 radical (unpaired) electrons. The number of amides is 2. The van der Waals surface area contributed by atoms with Crippen LogP contribution in [0.15, 0.2) is 29.0 Å². The van der Waals surface area contributed by atoms with E-state index in [1.54, 1.807) is 23.1 Å². The summed E-state index contributed by atoms with van der Waals surface area (Å²) in [6, 6.07) is 3.22. The molecular formula is C17H20N8O2. The fourth-order valence-corrected chi connectivity index (χ4v) is 2.65. The second kappa shape index (κ2) is 6.71. The average Bonchev–Trinajstić information content (AvgIpc) is 3.38. The Morgan fingerprint density at radius 3 is 2.85 bits per heavy atom. The Bertz CT molecular complexity index is 1100. The van der Waals surface area contributed by atoms with Crippen molar-refractivity contribution >= 4 is 28.7 Å². The molecule has 1 unspecified atom stereocenters. The van der Waals surface area contributed by atoms with Crippen molar-refractivity contribution in [3.63, 3.8) is 0 Å². The lowest BCUT2D eigenvalue weighted by atomic mass is 10.3.